The lowest BCUT2D eigenvalue weighted by atomic mass is 9.58. The minimum absolute atomic E-state index is 0.0898. The Kier molecular flexibility index (Phi) is 9.47. The van der Waals surface area contributed by atoms with Crippen molar-refractivity contribution in [3.05, 3.63) is 68.3 Å². The van der Waals surface area contributed by atoms with Crippen LogP contribution < -0.4 is 9.47 Å². The van der Waals surface area contributed by atoms with E-state index in [2.05, 4.69) is 22.6 Å². The van der Waals surface area contributed by atoms with Gasteiger partial charge in [0.25, 0.3) is 0 Å². The first kappa shape index (κ1) is 31.1. The van der Waals surface area contributed by atoms with Crippen LogP contribution in [-0.4, -0.2) is 67.0 Å². The molecule has 1 aliphatic carbocycles. The van der Waals surface area contributed by atoms with E-state index in [4.69, 9.17) is 18.9 Å². The van der Waals surface area contributed by atoms with Gasteiger partial charge in [-0.05, 0) is 102 Å². The highest BCUT2D eigenvalue weighted by Gasteiger charge is 2.59. The third-order valence-corrected chi connectivity index (χ3v) is 9.13. The van der Waals surface area contributed by atoms with Crippen molar-refractivity contribution in [3.63, 3.8) is 0 Å². The minimum atomic E-state index is -1.14. The molecule has 10 nitrogen and oxygen atoms in total. The summed E-state index contributed by atoms with van der Waals surface area (Å²) in [6.45, 7) is 2.16. The highest BCUT2D eigenvalue weighted by atomic mass is 127. The van der Waals surface area contributed by atoms with Crippen molar-refractivity contribution in [2.75, 3.05) is 20.8 Å². The maximum absolute atomic E-state index is 13.5. The van der Waals surface area contributed by atoms with Crippen molar-refractivity contribution in [3.8, 4) is 17.2 Å². The molecule has 2 aromatic carbocycles. The molecule has 2 aromatic rings. The number of nitrogens with zero attached hydrogens (tertiary/aromatic N) is 1. The summed E-state index contributed by atoms with van der Waals surface area (Å²) < 4.78 is 22.9. The monoisotopic (exact) mass is 701 g/mol. The molecule has 0 saturated carbocycles. The Hall–Kier alpha value is -3.36. The molecule has 2 saturated heterocycles. The number of methoxy groups -OCH3 is 2. The van der Waals surface area contributed by atoms with Crippen molar-refractivity contribution in [1.29, 1.82) is 0 Å². The number of allylic oxidation sites excluding steroid dienone is 1. The number of likely N-dealkylation sites (tertiary alicyclic amines) is 1. The van der Waals surface area contributed by atoms with Crippen molar-refractivity contribution in [2.45, 2.75) is 38.6 Å². The van der Waals surface area contributed by atoms with Crippen LogP contribution in [0.2, 0.25) is 6.32 Å². The van der Waals surface area contributed by atoms with Crippen LogP contribution in [-0.2, 0) is 19.0 Å². The van der Waals surface area contributed by atoms with Gasteiger partial charge in [-0.2, -0.15) is 4.90 Å². The zero-order valence-electron chi connectivity index (χ0n) is 24.1. The van der Waals surface area contributed by atoms with E-state index in [1.54, 1.807) is 6.07 Å². The fourth-order valence-electron chi connectivity index (χ4n) is 6.40. The highest BCUT2D eigenvalue weighted by Crippen LogP contribution is 2.50. The van der Waals surface area contributed by atoms with Crippen LogP contribution in [0.1, 0.15) is 31.7 Å². The van der Waals surface area contributed by atoms with E-state index in [9.17, 15) is 24.5 Å². The molecule has 2 heterocycles. The maximum Gasteiger partial charge on any atom is 0.455 e. The molecule has 2 fully saturated rings. The van der Waals surface area contributed by atoms with Gasteiger partial charge in [0, 0.05) is 0 Å². The topological polar surface area (TPSA) is 132 Å². The van der Waals surface area contributed by atoms with Crippen LogP contribution in [0.25, 0.3) is 6.08 Å². The Balaban J connectivity index is 1.45. The number of fused-ring (bicyclic) bond motifs is 3. The molecule has 226 valence electrons. The van der Waals surface area contributed by atoms with E-state index in [1.807, 2.05) is 49.4 Å². The molecular weight excluding hydrogens is 668 g/mol. The predicted octanol–water partition coefficient (Wildman–Crippen LogP) is 4.83. The van der Waals surface area contributed by atoms with Gasteiger partial charge in [0.1, 0.15) is 12.4 Å². The first-order valence-electron chi connectivity index (χ1n) is 14.1. The Bertz CT molecular complexity index is 1480. The number of carbonyl (C=O) groups is 3. The predicted molar refractivity (Wildman–Crippen MR) is 166 cm³/mol. The molecule has 0 aromatic heterocycles. The maximum atomic E-state index is 13.5. The van der Waals surface area contributed by atoms with Crippen molar-refractivity contribution < 1.29 is 43.4 Å². The second-order valence-electron chi connectivity index (χ2n) is 11.0. The van der Waals surface area contributed by atoms with Gasteiger partial charge >= 0.3 is 13.2 Å². The van der Waals surface area contributed by atoms with Gasteiger partial charge in [-0.1, -0.05) is 29.8 Å². The van der Waals surface area contributed by atoms with E-state index >= 15 is 0 Å². The summed E-state index contributed by atoms with van der Waals surface area (Å²) in [5.74, 6) is -2.12. The second-order valence-corrected chi connectivity index (χ2v) is 12.1. The molecule has 2 N–H and O–H groups in total. The molecule has 0 bridgehead atoms. The second kappa shape index (κ2) is 13.1. The number of phenols is 1. The third-order valence-electron chi connectivity index (χ3n) is 8.31. The Morgan fingerprint density at radius 1 is 1.16 bits per heavy atom. The Morgan fingerprint density at radius 2 is 1.91 bits per heavy atom. The summed E-state index contributed by atoms with van der Waals surface area (Å²) in [5.41, 5.74) is 3.58. The first-order valence-corrected chi connectivity index (χ1v) is 15.1. The normalized spacial score (nSPS) is 23.7. The highest BCUT2D eigenvalue weighted by molar-refractivity contribution is 14.1. The number of amides is 3. The number of hydrogen-bond acceptors (Lipinski definition) is 9. The number of rotatable bonds is 8. The van der Waals surface area contributed by atoms with Gasteiger partial charge < -0.3 is 29.0 Å². The van der Waals surface area contributed by atoms with Gasteiger partial charge in [0.05, 0.1) is 35.7 Å². The van der Waals surface area contributed by atoms with E-state index in [0.717, 1.165) is 29.4 Å². The molecule has 43 heavy (non-hydrogen) atoms. The summed E-state index contributed by atoms with van der Waals surface area (Å²) in [4.78, 5) is 39.8. The van der Waals surface area contributed by atoms with Crippen molar-refractivity contribution in [2.24, 2.45) is 17.8 Å². The minimum Gasteiger partial charge on any atom is -0.504 e. The SMILES string of the molecule is COC(=O)N1C(=O)[C@@H]2[C@@H](CC(COc3ccccc3)=C3[C@@H](CC/C(C)=C/c4cc(I)c(O)c(OC)c4)OB(O)C[C@@H]32)C1=O. The lowest BCUT2D eigenvalue weighted by Gasteiger charge is -2.43. The van der Waals surface area contributed by atoms with Crippen LogP contribution in [0.4, 0.5) is 4.79 Å². The molecule has 4 atom stereocenters. The number of ether oxygens (including phenoxy) is 3. The van der Waals surface area contributed by atoms with Crippen LogP contribution in [0, 0.1) is 21.3 Å². The molecule has 3 aliphatic rings. The van der Waals surface area contributed by atoms with Crippen LogP contribution in [0.3, 0.4) is 0 Å². The summed E-state index contributed by atoms with van der Waals surface area (Å²) in [6.07, 6.45) is 1.94. The van der Waals surface area contributed by atoms with E-state index in [-0.39, 0.29) is 25.1 Å². The number of hydrogen-bond donors (Lipinski definition) is 2. The molecular formula is C31H33BINO9. The average molecular weight is 701 g/mol. The van der Waals surface area contributed by atoms with E-state index in [0.29, 0.717) is 32.8 Å². The largest absolute Gasteiger partial charge is 0.504 e. The zero-order chi connectivity index (χ0) is 30.8. The number of halogens is 1. The lowest BCUT2D eigenvalue weighted by molar-refractivity contribution is -0.137. The molecule has 0 unspecified atom stereocenters. The van der Waals surface area contributed by atoms with Gasteiger partial charge in [0.15, 0.2) is 11.5 Å². The zero-order valence-corrected chi connectivity index (χ0v) is 26.3. The quantitative estimate of drug-likeness (QED) is 0.172. The van der Waals surface area contributed by atoms with E-state index in [1.165, 1.54) is 7.11 Å². The third kappa shape index (κ3) is 6.32. The Labute approximate surface area is 263 Å². The number of para-hydroxylation sites is 1. The lowest BCUT2D eigenvalue weighted by Crippen LogP contribution is -2.46. The molecule has 3 amide bonds. The summed E-state index contributed by atoms with van der Waals surface area (Å²) in [6, 6.07) is 12.9. The number of aromatic hydroxyl groups is 1. The summed E-state index contributed by atoms with van der Waals surface area (Å²) in [7, 11) is 1.49. The molecule has 0 spiro atoms. The van der Waals surface area contributed by atoms with Crippen LogP contribution in [0.5, 0.6) is 17.2 Å². The fourth-order valence-corrected chi connectivity index (χ4v) is 7.03. The number of imide groups is 3. The summed E-state index contributed by atoms with van der Waals surface area (Å²) >= 11 is 2.05. The van der Waals surface area contributed by atoms with Crippen molar-refractivity contribution >= 4 is 53.7 Å². The van der Waals surface area contributed by atoms with Crippen LogP contribution >= 0.6 is 22.6 Å². The van der Waals surface area contributed by atoms with Crippen molar-refractivity contribution in [1.82, 2.24) is 4.90 Å². The summed E-state index contributed by atoms with van der Waals surface area (Å²) in [5, 5.41) is 21.0. The van der Waals surface area contributed by atoms with Gasteiger partial charge in [-0.25, -0.2) is 4.79 Å². The number of carbonyl (C=O) groups excluding carboxylic acids is 3. The van der Waals surface area contributed by atoms with Gasteiger partial charge in [-0.3, -0.25) is 9.59 Å². The smallest absolute Gasteiger partial charge is 0.455 e. The van der Waals surface area contributed by atoms with Gasteiger partial charge in [-0.15, -0.1) is 0 Å². The molecule has 12 heteroatoms. The Morgan fingerprint density at radius 3 is 2.60 bits per heavy atom. The first-order chi connectivity index (χ1) is 20.6. The molecule has 2 aliphatic heterocycles. The average Bonchev–Trinajstić information content (AvgIpc) is 3.25. The number of benzene rings is 2. The van der Waals surface area contributed by atoms with E-state index < -0.39 is 48.9 Å². The standard InChI is InChI=1S/C31H33BINO9/c1-17(11-18-12-23(33)28(35)25(13-18)40-2)9-10-24-26-19(16-42-20-7-5-4-6-8-20)14-21-27(22(26)15-32(39)43-24)30(37)34(29(21)36)31(38)41-3/h4-8,11-13,21-22,24,27,35,39H,9-10,14-16H2,1-3H3/b17-11+/t21-,22+,24-,27-/m1/s1. The molecule has 5 rings (SSSR count). The molecule has 0 radical (unpaired) electrons. The fraction of sp³-hybridized carbons (Fsp3) is 0.387. The van der Waals surface area contributed by atoms with Gasteiger partial charge in [0.2, 0.25) is 11.8 Å². The van der Waals surface area contributed by atoms with Crippen LogP contribution in [0.15, 0.2) is 59.2 Å². The number of phenolic OH excluding ortho intramolecular Hbond substituents is 1.